The van der Waals surface area contributed by atoms with Crippen LogP contribution in [0, 0.1) is 0 Å². The van der Waals surface area contributed by atoms with Crippen molar-refractivity contribution in [2.45, 2.75) is 6.54 Å². The van der Waals surface area contributed by atoms with Crippen LogP contribution in [0.15, 0.2) is 54.2 Å². The Hall–Kier alpha value is -3.36. The number of carbonyl (C=O) groups is 2. The molecule has 1 N–H and O–H groups in total. The predicted molar refractivity (Wildman–Crippen MR) is 124 cm³/mol. The van der Waals surface area contributed by atoms with Crippen LogP contribution in [-0.4, -0.2) is 85.2 Å². The highest BCUT2D eigenvalue weighted by Gasteiger charge is 2.43. The number of nitrogens with zero attached hydrogens (tertiary/aromatic N) is 3. The number of imide groups is 1. The van der Waals surface area contributed by atoms with Crippen molar-refractivity contribution >= 4 is 17.4 Å². The maximum absolute atomic E-state index is 13.7. The molecule has 2 aliphatic rings. The van der Waals surface area contributed by atoms with E-state index in [0.29, 0.717) is 61.1 Å². The van der Waals surface area contributed by atoms with Crippen molar-refractivity contribution in [3.8, 4) is 11.5 Å². The molecule has 0 unspecified atom stereocenters. The zero-order chi connectivity index (χ0) is 23.4. The number of rotatable bonds is 8. The third-order valence-corrected chi connectivity index (χ3v) is 6.15. The van der Waals surface area contributed by atoms with Gasteiger partial charge in [0.2, 0.25) is 0 Å². The first-order valence-corrected chi connectivity index (χ1v) is 11.0. The van der Waals surface area contributed by atoms with Gasteiger partial charge in [-0.2, -0.15) is 0 Å². The molecule has 0 atom stereocenters. The number of carbonyl (C=O) groups excluding carboxylic acids is 2. The minimum atomic E-state index is -0.344. The largest absolute Gasteiger partial charge is 0.496 e. The minimum absolute atomic E-state index is 0.0965. The number of aliphatic hydroxyl groups is 1. The van der Waals surface area contributed by atoms with Crippen molar-refractivity contribution in [3.05, 3.63) is 65.4 Å². The Morgan fingerprint density at radius 3 is 2.15 bits per heavy atom. The molecular formula is C25H29N3O5. The summed E-state index contributed by atoms with van der Waals surface area (Å²) in [5, 5.41) is 9.24. The number of piperazine rings is 1. The van der Waals surface area contributed by atoms with E-state index in [2.05, 4.69) is 4.90 Å². The summed E-state index contributed by atoms with van der Waals surface area (Å²) < 4.78 is 11.0. The molecule has 0 saturated carbocycles. The maximum Gasteiger partial charge on any atom is 0.278 e. The second kappa shape index (κ2) is 10.1. The smallest absolute Gasteiger partial charge is 0.278 e. The normalized spacial score (nSPS) is 17.2. The first kappa shape index (κ1) is 22.8. The van der Waals surface area contributed by atoms with E-state index in [1.165, 1.54) is 4.90 Å². The van der Waals surface area contributed by atoms with E-state index < -0.39 is 0 Å². The fourth-order valence-corrected chi connectivity index (χ4v) is 4.43. The lowest BCUT2D eigenvalue weighted by molar-refractivity contribution is -0.138. The zero-order valence-electron chi connectivity index (χ0n) is 19.0. The van der Waals surface area contributed by atoms with Crippen LogP contribution in [0.2, 0.25) is 0 Å². The van der Waals surface area contributed by atoms with Crippen LogP contribution in [0.25, 0.3) is 5.57 Å². The van der Waals surface area contributed by atoms with E-state index >= 15 is 0 Å². The van der Waals surface area contributed by atoms with Crippen molar-refractivity contribution in [1.29, 1.82) is 0 Å². The van der Waals surface area contributed by atoms with Gasteiger partial charge in [0.1, 0.15) is 17.2 Å². The number of hydrogen-bond acceptors (Lipinski definition) is 7. The van der Waals surface area contributed by atoms with Gasteiger partial charge in [0.25, 0.3) is 11.8 Å². The highest BCUT2D eigenvalue weighted by atomic mass is 16.5. The molecular weight excluding hydrogens is 422 g/mol. The number of ether oxygens (including phenoxy) is 2. The Bertz CT molecular complexity index is 1060. The lowest BCUT2D eigenvalue weighted by Gasteiger charge is -2.36. The van der Waals surface area contributed by atoms with Gasteiger partial charge in [-0.1, -0.05) is 36.4 Å². The van der Waals surface area contributed by atoms with E-state index in [9.17, 15) is 14.7 Å². The van der Waals surface area contributed by atoms with Crippen LogP contribution in [0.3, 0.4) is 0 Å². The average molecular weight is 452 g/mol. The van der Waals surface area contributed by atoms with Gasteiger partial charge in [-0.3, -0.25) is 19.4 Å². The molecule has 2 aromatic rings. The molecule has 33 heavy (non-hydrogen) atoms. The number of methoxy groups -OCH3 is 2. The van der Waals surface area contributed by atoms with Gasteiger partial charge in [0.05, 0.1) is 32.9 Å². The van der Waals surface area contributed by atoms with Crippen molar-refractivity contribution in [3.63, 3.8) is 0 Å². The Balaban J connectivity index is 1.72. The van der Waals surface area contributed by atoms with Gasteiger partial charge in [-0.25, -0.2) is 0 Å². The van der Waals surface area contributed by atoms with Crippen molar-refractivity contribution in [2.75, 3.05) is 53.6 Å². The van der Waals surface area contributed by atoms with Gasteiger partial charge < -0.3 is 19.5 Å². The lowest BCUT2D eigenvalue weighted by atomic mass is 10.0. The third-order valence-electron chi connectivity index (χ3n) is 6.15. The van der Waals surface area contributed by atoms with Crippen molar-refractivity contribution < 1.29 is 24.2 Å². The topological polar surface area (TPSA) is 82.6 Å². The summed E-state index contributed by atoms with van der Waals surface area (Å²) in [5.74, 6) is 0.512. The minimum Gasteiger partial charge on any atom is -0.496 e. The maximum atomic E-state index is 13.7. The molecule has 0 radical (unpaired) electrons. The lowest BCUT2D eigenvalue weighted by Crippen LogP contribution is -2.48. The third kappa shape index (κ3) is 4.44. The fourth-order valence-electron chi connectivity index (χ4n) is 4.43. The summed E-state index contributed by atoms with van der Waals surface area (Å²) in [6.45, 7) is 3.41. The van der Waals surface area contributed by atoms with Gasteiger partial charge in [-0.15, -0.1) is 0 Å². The van der Waals surface area contributed by atoms with Crippen LogP contribution < -0.4 is 9.47 Å². The second-order valence-electron chi connectivity index (χ2n) is 7.98. The average Bonchev–Trinajstić information content (AvgIpc) is 3.09. The van der Waals surface area contributed by atoms with Crippen LogP contribution in [0.4, 0.5) is 0 Å². The number of amides is 2. The SMILES string of the molecule is COc1ccccc1CN1C(=O)C(c2ccccc2OC)=C(N2CCN(CCO)CC2)C1=O. The van der Waals surface area contributed by atoms with E-state index in [-0.39, 0.29) is 25.0 Å². The van der Waals surface area contributed by atoms with Crippen molar-refractivity contribution in [1.82, 2.24) is 14.7 Å². The summed E-state index contributed by atoms with van der Waals surface area (Å²) >= 11 is 0. The molecule has 0 spiro atoms. The van der Waals surface area contributed by atoms with E-state index in [4.69, 9.17) is 9.47 Å². The molecule has 1 fully saturated rings. The number of benzene rings is 2. The molecule has 0 aromatic heterocycles. The summed E-state index contributed by atoms with van der Waals surface area (Å²) in [4.78, 5) is 32.8. The summed E-state index contributed by atoms with van der Waals surface area (Å²) in [7, 11) is 3.13. The van der Waals surface area contributed by atoms with Gasteiger partial charge in [-0.05, 0) is 12.1 Å². The number of aliphatic hydroxyl groups excluding tert-OH is 1. The van der Waals surface area contributed by atoms with Crippen molar-refractivity contribution in [2.24, 2.45) is 0 Å². The molecule has 0 aliphatic carbocycles. The Kier molecular flexibility index (Phi) is 6.96. The number of hydrogen-bond donors (Lipinski definition) is 1. The van der Waals surface area contributed by atoms with Crippen LogP contribution in [-0.2, 0) is 16.1 Å². The van der Waals surface area contributed by atoms with E-state index in [1.807, 2.05) is 47.4 Å². The van der Waals surface area contributed by atoms with E-state index in [0.717, 1.165) is 5.56 Å². The molecule has 0 bridgehead atoms. The van der Waals surface area contributed by atoms with Crippen LogP contribution in [0.1, 0.15) is 11.1 Å². The Morgan fingerprint density at radius 1 is 0.848 bits per heavy atom. The highest BCUT2D eigenvalue weighted by Crippen LogP contribution is 2.37. The zero-order valence-corrected chi connectivity index (χ0v) is 19.0. The standard InChI is InChI=1S/C25H29N3O5/c1-32-20-9-5-3-7-18(20)17-28-24(30)22(19-8-4-6-10-21(19)33-2)23(25(28)31)27-13-11-26(12-14-27)15-16-29/h3-10,29H,11-17H2,1-2H3. The van der Waals surface area contributed by atoms with Gasteiger partial charge in [0, 0.05) is 43.9 Å². The predicted octanol–water partition coefficient (Wildman–Crippen LogP) is 1.59. The molecule has 2 amide bonds. The molecule has 2 heterocycles. The Labute approximate surface area is 193 Å². The molecule has 1 saturated heterocycles. The molecule has 8 nitrogen and oxygen atoms in total. The molecule has 8 heteroatoms. The molecule has 2 aromatic carbocycles. The summed E-state index contributed by atoms with van der Waals surface area (Å²) in [5.41, 5.74) is 2.13. The molecule has 174 valence electrons. The number of β-amino-alcohol motifs (C(OH)–C–C–N with tert-alkyl or cyclic N) is 1. The quantitative estimate of drug-likeness (QED) is 0.611. The first-order valence-electron chi connectivity index (χ1n) is 11.0. The van der Waals surface area contributed by atoms with Gasteiger partial charge in [0.15, 0.2) is 0 Å². The number of para-hydroxylation sites is 2. The monoisotopic (exact) mass is 451 g/mol. The first-order chi connectivity index (χ1) is 16.1. The summed E-state index contributed by atoms with van der Waals surface area (Å²) in [6.07, 6.45) is 0. The molecule has 2 aliphatic heterocycles. The molecule has 4 rings (SSSR count). The van der Waals surface area contributed by atoms with Crippen LogP contribution in [0.5, 0.6) is 11.5 Å². The van der Waals surface area contributed by atoms with E-state index in [1.54, 1.807) is 20.3 Å². The second-order valence-corrected chi connectivity index (χ2v) is 7.98. The highest BCUT2D eigenvalue weighted by molar-refractivity contribution is 6.36. The summed E-state index contributed by atoms with van der Waals surface area (Å²) in [6, 6.07) is 14.7. The van der Waals surface area contributed by atoms with Crippen LogP contribution >= 0.6 is 0 Å². The fraction of sp³-hybridized carbons (Fsp3) is 0.360. The van der Waals surface area contributed by atoms with Gasteiger partial charge >= 0.3 is 0 Å². The Morgan fingerprint density at radius 2 is 1.48 bits per heavy atom.